The highest BCUT2D eigenvalue weighted by Crippen LogP contribution is 2.18. The lowest BCUT2D eigenvalue weighted by Crippen LogP contribution is -2.31. The SMILES string of the molecule is CC(CO)CCS(=O)(=O)C(C)(C)C. The summed E-state index contributed by atoms with van der Waals surface area (Å²) in [7, 11) is -3.01. The Labute approximate surface area is 81.1 Å². The Hall–Kier alpha value is -0.0900. The van der Waals surface area contributed by atoms with Crippen LogP contribution >= 0.6 is 0 Å². The topological polar surface area (TPSA) is 54.4 Å². The van der Waals surface area contributed by atoms with Crippen molar-refractivity contribution in [3.63, 3.8) is 0 Å². The number of rotatable bonds is 4. The number of aliphatic hydroxyl groups excluding tert-OH is 1. The van der Waals surface area contributed by atoms with Crippen molar-refractivity contribution in [1.29, 1.82) is 0 Å². The van der Waals surface area contributed by atoms with Crippen LogP contribution in [-0.2, 0) is 9.84 Å². The van der Waals surface area contributed by atoms with Gasteiger partial charge in [-0.3, -0.25) is 0 Å². The lowest BCUT2D eigenvalue weighted by atomic mass is 10.1. The van der Waals surface area contributed by atoms with Crippen LogP contribution in [0.3, 0.4) is 0 Å². The maximum Gasteiger partial charge on any atom is 0.155 e. The zero-order valence-electron chi connectivity index (χ0n) is 8.87. The average Bonchev–Trinajstić information content (AvgIpc) is 1.98. The zero-order valence-corrected chi connectivity index (χ0v) is 9.69. The predicted octanol–water partition coefficient (Wildman–Crippen LogP) is 1.22. The molecule has 0 fully saturated rings. The van der Waals surface area contributed by atoms with Gasteiger partial charge in [0.05, 0.1) is 10.5 Å². The molecule has 0 aromatic rings. The number of hydrogen-bond acceptors (Lipinski definition) is 3. The lowest BCUT2D eigenvalue weighted by Gasteiger charge is -2.19. The highest BCUT2D eigenvalue weighted by atomic mass is 32.2. The van der Waals surface area contributed by atoms with E-state index in [1.807, 2.05) is 6.92 Å². The van der Waals surface area contributed by atoms with Crippen molar-refractivity contribution in [3.8, 4) is 0 Å². The van der Waals surface area contributed by atoms with Crippen molar-refractivity contribution in [2.75, 3.05) is 12.4 Å². The van der Waals surface area contributed by atoms with Gasteiger partial charge in [-0.2, -0.15) is 0 Å². The molecule has 0 spiro atoms. The van der Waals surface area contributed by atoms with Crippen LogP contribution in [0.1, 0.15) is 34.1 Å². The van der Waals surface area contributed by atoms with E-state index in [1.165, 1.54) is 0 Å². The van der Waals surface area contributed by atoms with Crippen LogP contribution < -0.4 is 0 Å². The molecule has 0 bridgehead atoms. The first kappa shape index (κ1) is 12.9. The summed E-state index contributed by atoms with van der Waals surface area (Å²) >= 11 is 0. The molecule has 1 atom stereocenters. The molecule has 0 aliphatic heterocycles. The highest BCUT2D eigenvalue weighted by Gasteiger charge is 2.28. The molecular weight excluding hydrogens is 188 g/mol. The second-order valence-electron chi connectivity index (χ2n) is 4.51. The Bertz CT molecular complexity index is 236. The third-order valence-electron chi connectivity index (χ3n) is 2.12. The lowest BCUT2D eigenvalue weighted by molar-refractivity contribution is 0.234. The molecule has 1 N–H and O–H groups in total. The quantitative estimate of drug-likeness (QED) is 0.755. The Morgan fingerprint density at radius 2 is 1.77 bits per heavy atom. The van der Waals surface area contributed by atoms with Gasteiger partial charge in [-0.05, 0) is 33.1 Å². The van der Waals surface area contributed by atoms with E-state index < -0.39 is 14.6 Å². The van der Waals surface area contributed by atoms with E-state index >= 15 is 0 Å². The molecule has 0 aliphatic rings. The minimum absolute atomic E-state index is 0.0552. The number of sulfone groups is 1. The van der Waals surface area contributed by atoms with Gasteiger partial charge in [0.15, 0.2) is 9.84 Å². The van der Waals surface area contributed by atoms with Crippen LogP contribution in [0.15, 0.2) is 0 Å². The Balaban J connectivity index is 4.22. The van der Waals surface area contributed by atoms with Gasteiger partial charge in [0, 0.05) is 6.61 Å². The molecule has 0 rings (SSSR count). The molecule has 0 aromatic carbocycles. The highest BCUT2D eigenvalue weighted by molar-refractivity contribution is 7.92. The van der Waals surface area contributed by atoms with Crippen molar-refractivity contribution in [2.24, 2.45) is 5.92 Å². The summed E-state index contributed by atoms with van der Waals surface area (Å²) < 4.78 is 22.5. The molecular formula is C9H20O3S. The van der Waals surface area contributed by atoms with Crippen LogP contribution in [0.5, 0.6) is 0 Å². The molecule has 0 saturated heterocycles. The third-order valence-corrected chi connectivity index (χ3v) is 4.76. The van der Waals surface area contributed by atoms with Gasteiger partial charge in [-0.15, -0.1) is 0 Å². The summed E-state index contributed by atoms with van der Waals surface area (Å²) in [5, 5.41) is 8.74. The molecule has 0 aliphatic carbocycles. The Kier molecular flexibility index (Phi) is 4.39. The summed E-state index contributed by atoms with van der Waals surface area (Å²) in [4.78, 5) is 0. The van der Waals surface area contributed by atoms with Crippen LogP contribution in [0.25, 0.3) is 0 Å². The van der Waals surface area contributed by atoms with Crippen molar-refractivity contribution >= 4 is 9.84 Å². The minimum atomic E-state index is -3.01. The third kappa shape index (κ3) is 4.09. The first-order valence-electron chi connectivity index (χ1n) is 4.54. The number of hydrogen-bond donors (Lipinski definition) is 1. The average molecular weight is 208 g/mol. The largest absolute Gasteiger partial charge is 0.396 e. The summed E-state index contributed by atoms with van der Waals surface area (Å²) in [6.45, 7) is 7.00. The second-order valence-corrected chi connectivity index (χ2v) is 7.37. The van der Waals surface area contributed by atoms with Gasteiger partial charge >= 0.3 is 0 Å². The van der Waals surface area contributed by atoms with E-state index in [0.717, 1.165) is 0 Å². The summed E-state index contributed by atoms with van der Waals surface area (Å²) in [5.74, 6) is 0.232. The Morgan fingerprint density at radius 3 is 2.08 bits per heavy atom. The van der Waals surface area contributed by atoms with Gasteiger partial charge in [0.1, 0.15) is 0 Å². The van der Waals surface area contributed by atoms with Gasteiger partial charge in [-0.25, -0.2) is 8.42 Å². The second kappa shape index (κ2) is 4.42. The molecule has 0 amide bonds. The van der Waals surface area contributed by atoms with Crippen molar-refractivity contribution in [1.82, 2.24) is 0 Å². The summed E-state index contributed by atoms with van der Waals surface area (Å²) in [6.07, 6.45) is 0.538. The van der Waals surface area contributed by atoms with Crippen molar-refractivity contribution in [3.05, 3.63) is 0 Å². The van der Waals surface area contributed by atoms with Crippen molar-refractivity contribution < 1.29 is 13.5 Å². The van der Waals surface area contributed by atoms with Gasteiger partial charge in [0.2, 0.25) is 0 Å². The molecule has 3 nitrogen and oxygen atoms in total. The van der Waals surface area contributed by atoms with E-state index in [4.69, 9.17) is 5.11 Å². The maximum atomic E-state index is 11.6. The molecule has 80 valence electrons. The summed E-state index contributed by atoms with van der Waals surface area (Å²) in [5.41, 5.74) is 0. The molecule has 0 heterocycles. The van der Waals surface area contributed by atoms with Gasteiger partial charge in [0.25, 0.3) is 0 Å². The van der Waals surface area contributed by atoms with E-state index in [1.54, 1.807) is 20.8 Å². The van der Waals surface area contributed by atoms with E-state index in [0.29, 0.717) is 6.42 Å². The van der Waals surface area contributed by atoms with Crippen LogP contribution in [0, 0.1) is 5.92 Å². The van der Waals surface area contributed by atoms with Gasteiger partial charge in [-0.1, -0.05) is 6.92 Å². The first-order valence-corrected chi connectivity index (χ1v) is 6.19. The maximum absolute atomic E-state index is 11.6. The molecule has 0 aromatic heterocycles. The fourth-order valence-corrected chi connectivity index (χ4v) is 2.08. The molecule has 4 heteroatoms. The predicted molar refractivity (Wildman–Crippen MR) is 54.4 cm³/mol. The smallest absolute Gasteiger partial charge is 0.155 e. The fourth-order valence-electron chi connectivity index (χ4n) is 0.754. The van der Waals surface area contributed by atoms with Crippen LogP contribution in [-0.4, -0.2) is 30.6 Å². The minimum Gasteiger partial charge on any atom is -0.396 e. The molecule has 0 saturated carbocycles. The van der Waals surface area contributed by atoms with Gasteiger partial charge < -0.3 is 5.11 Å². The summed E-state index contributed by atoms with van der Waals surface area (Å²) in [6, 6.07) is 0. The molecule has 0 radical (unpaired) electrons. The van der Waals surface area contributed by atoms with E-state index in [-0.39, 0.29) is 18.3 Å². The number of aliphatic hydroxyl groups is 1. The van der Waals surface area contributed by atoms with Crippen LogP contribution in [0.4, 0.5) is 0 Å². The zero-order chi connectivity index (χ0) is 10.7. The van der Waals surface area contributed by atoms with E-state index in [2.05, 4.69) is 0 Å². The molecule has 1 unspecified atom stereocenters. The fraction of sp³-hybridized carbons (Fsp3) is 1.00. The molecule has 13 heavy (non-hydrogen) atoms. The Morgan fingerprint density at radius 1 is 1.31 bits per heavy atom. The van der Waals surface area contributed by atoms with E-state index in [9.17, 15) is 8.42 Å². The van der Waals surface area contributed by atoms with Crippen molar-refractivity contribution in [2.45, 2.75) is 38.9 Å². The monoisotopic (exact) mass is 208 g/mol. The van der Waals surface area contributed by atoms with Crippen LogP contribution in [0.2, 0.25) is 0 Å². The first-order chi connectivity index (χ1) is 5.70. The standard InChI is InChI=1S/C9H20O3S/c1-8(7-10)5-6-13(11,12)9(2,3)4/h8,10H,5-7H2,1-4H3. The normalized spacial score (nSPS) is 15.8.